The number of amides is 1. The third kappa shape index (κ3) is 2.54. The lowest BCUT2D eigenvalue weighted by molar-refractivity contribution is -0.126. The molecule has 0 saturated heterocycles. The summed E-state index contributed by atoms with van der Waals surface area (Å²) >= 11 is 0. The molecule has 3 N–H and O–H groups in total. The lowest BCUT2D eigenvalue weighted by atomic mass is 9.80. The minimum atomic E-state index is -0.220. The molecule has 0 spiro atoms. The van der Waals surface area contributed by atoms with Gasteiger partial charge in [0.2, 0.25) is 5.91 Å². The van der Waals surface area contributed by atoms with Gasteiger partial charge in [-0.15, -0.1) is 0 Å². The first-order valence-corrected chi connectivity index (χ1v) is 7.21. The average molecular weight is 253 g/mol. The first kappa shape index (κ1) is 13.8. The van der Waals surface area contributed by atoms with Crippen LogP contribution in [0.3, 0.4) is 0 Å². The van der Waals surface area contributed by atoms with E-state index < -0.39 is 0 Å². The Morgan fingerprint density at radius 1 is 1.17 bits per heavy atom. The summed E-state index contributed by atoms with van der Waals surface area (Å²) in [5.74, 6) is 0.178. The molecule has 0 aromatic rings. The molecule has 2 aliphatic rings. The quantitative estimate of drug-likeness (QED) is 0.771. The molecule has 1 amide bonds. The highest BCUT2D eigenvalue weighted by Crippen LogP contribution is 2.44. The van der Waals surface area contributed by atoms with Crippen LogP contribution in [0.25, 0.3) is 0 Å². The highest BCUT2D eigenvalue weighted by atomic mass is 16.2. The number of nitrogens with one attached hydrogen (secondary N) is 1. The largest absolute Gasteiger partial charge is 0.354 e. The maximum atomic E-state index is 12.2. The van der Waals surface area contributed by atoms with Gasteiger partial charge < -0.3 is 16.0 Å². The van der Waals surface area contributed by atoms with Crippen LogP contribution in [-0.2, 0) is 4.79 Å². The Morgan fingerprint density at radius 2 is 1.78 bits per heavy atom. The monoisotopic (exact) mass is 253 g/mol. The molecular formula is C14H27N3O. The summed E-state index contributed by atoms with van der Waals surface area (Å²) in [5.41, 5.74) is 5.65. The second-order valence-electron chi connectivity index (χ2n) is 6.35. The van der Waals surface area contributed by atoms with Crippen LogP contribution in [0.1, 0.15) is 44.9 Å². The Labute approximate surface area is 110 Å². The van der Waals surface area contributed by atoms with E-state index in [1.54, 1.807) is 0 Å². The number of nitrogens with zero attached hydrogens (tertiary/aromatic N) is 1. The molecule has 2 aliphatic carbocycles. The average Bonchev–Trinajstić information content (AvgIpc) is 3.18. The van der Waals surface area contributed by atoms with Crippen molar-refractivity contribution in [2.45, 2.75) is 50.5 Å². The molecule has 18 heavy (non-hydrogen) atoms. The van der Waals surface area contributed by atoms with Gasteiger partial charge in [-0.1, -0.05) is 19.3 Å². The minimum Gasteiger partial charge on any atom is -0.354 e. The zero-order chi connectivity index (χ0) is 13.2. The number of nitrogens with two attached hydrogens (primary N) is 1. The smallest absolute Gasteiger partial charge is 0.227 e. The molecule has 0 bridgehead atoms. The second-order valence-corrected chi connectivity index (χ2v) is 6.35. The number of likely N-dealkylation sites (N-methyl/N-ethyl adjacent to an activating group) is 1. The van der Waals surface area contributed by atoms with Crippen molar-refractivity contribution in [3.05, 3.63) is 0 Å². The van der Waals surface area contributed by atoms with Crippen molar-refractivity contribution in [1.82, 2.24) is 10.2 Å². The molecule has 0 heterocycles. The van der Waals surface area contributed by atoms with Crippen LogP contribution in [0.2, 0.25) is 0 Å². The van der Waals surface area contributed by atoms with E-state index in [1.807, 2.05) is 0 Å². The Hall–Kier alpha value is -0.610. The van der Waals surface area contributed by atoms with Gasteiger partial charge in [0.15, 0.2) is 0 Å². The summed E-state index contributed by atoms with van der Waals surface area (Å²) in [6.45, 7) is 1.27. The predicted octanol–water partition coefficient (Wildman–Crippen LogP) is 1.11. The van der Waals surface area contributed by atoms with Crippen molar-refractivity contribution in [3.8, 4) is 0 Å². The first-order chi connectivity index (χ1) is 8.55. The van der Waals surface area contributed by atoms with Gasteiger partial charge in [-0.2, -0.15) is 0 Å². The van der Waals surface area contributed by atoms with Gasteiger partial charge in [-0.25, -0.2) is 0 Å². The van der Waals surface area contributed by atoms with Crippen LogP contribution in [0.4, 0.5) is 0 Å². The molecule has 4 nitrogen and oxygen atoms in total. The maximum absolute atomic E-state index is 12.2. The van der Waals surface area contributed by atoms with E-state index in [0.29, 0.717) is 6.54 Å². The van der Waals surface area contributed by atoms with Crippen LogP contribution in [0.5, 0.6) is 0 Å². The Bertz CT molecular complexity index is 304. The van der Waals surface area contributed by atoms with Crippen molar-refractivity contribution >= 4 is 5.91 Å². The highest BCUT2D eigenvalue weighted by Gasteiger charge is 2.49. The Kier molecular flexibility index (Phi) is 3.97. The Morgan fingerprint density at radius 3 is 2.22 bits per heavy atom. The molecule has 0 aromatic heterocycles. The van der Waals surface area contributed by atoms with Crippen LogP contribution in [-0.4, -0.2) is 43.5 Å². The van der Waals surface area contributed by atoms with E-state index in [-0.39, 0.29) is 16.9 Å². The van der Waals surface area contributed by atoms with Gasteiger partial charge in [-0.3, -0.25) is 4.79 Å². The number of carbonyl (C=O) groups excluding carboxylic acids is 1. The van der Waals surface area contributed by atoms with Crippen molar-refractivity contribution < 1.29 is 4.79 Å². The normalized spacial score (nSPS) is 24.9. The lowest BCUT2D eigenvalue weighted by Crippen LogP contribution is -2.55. The van der Waals surface area contributed by atoms with E-state index in [1.165, 1.54) is 32.1 Å². The van der Waals surface area contributed by atoms with E-state index in [0.717, 1.165) is 19.4 Å². The molecule has 0 atom stereocenters. The maximum Gasteiger partial charge on any atom is 0.227 e. The summed E-state index contributed by atoms with van der Waals surface area (Å²) in [7, 11) is 4.26. The van der Waals surface area contributed by atoms with E-state index in [2.05, 4.69) is 24.3 Å². The van der Waals surface area contributed by atoms with Crippen molar-refractivity contribution in [2.24, 2.45) is 11.1 Å². The lowest BCUT2D eigenvalue weighted by Gasteiger charge is -2.43. The predicted molar refractivity (Wildman–Crippen MR) is 73.2 cm³/mol. The van der Waals surface area contributed by atoms with Gasteiger partial charge >= 0.3 is 0 Å². The van der Waals surface area contributed by atoms with Crippen molar-refractivity contribution in [2.75, 3.05) is 27.2 Å². The molecule has 2 saturated carbocycles. The fraction of sp³-hybridized carbons (Fsp3) is 0.929. The SMILES string of the molecule is CN(C)C1(CNC(=O)C2(CN)CC2)CCCCC1. The van der Waals surface area contributed by atoms with E-state index >= 15 is 0 Å². The summed E-state index contributed by atoms with van der Waals surface area (Å²) < 4.78 is 0. The van der Waals surface area contributed by atoms with Gasteiger partial charge in [0.1, 0.15) is 0 Å². The summed E-state index contributed by atoms with van der Waals surface area (Å²) in [6.07, 6.45) is 8.18. The zero-order valence-corrected chi connectivity index (χ0v) is 11.8. The molecule has 4 heteroatoms. The molecule has 0 unspecified atom stereocenters. The fourth-order valence-corrected chi connectivity index (χ4v) is 3.10. The molecule has 2 rings (SSSR count). The zero-order valence-electron chi connectivity index (χ0n) is 11.8. The van der Waals surface area contributed by atoms with Crippen LogP contribution < -0.4 is 11.1 Å². The van der Waals surface area contributed by atoms with E-state index in [9.17, 15) is 4.79 Å². The van der Waals surface area contributed by atoms with Crippen molar-refractivity contribution in [1.29, 1.82) is 0 Å². The topological polar surface area (TPSA) is 58.4 Å². The van der Waals surface area contributed by atoms with Gasteiger partial charge in [-0.05, 0) is 39.8 Å². The molecule has 0 aliphatic heterocycles. The number of rotatable bonds is 5. The number of hydrogen-bond donors (Lipinski definition) is 2. The summed E-state index contributed by atoms with van der Waals surface area (Å²) in [5, 5.41) is 3.17. The molecule has 104 valence electrons. The molecule has 0 radical (unpaired) electrons. The molecular weight excluding hydrogens is 226 g/mol. The van der Waals surface area contributed by atoms with Crippen molar-refractivity contribution in [3.63, 3.8) is 0 Å². The van der Waals surface area contributed by atoms with Crippen LogP contribution in [0.15, 0.2) is 0 Å². The third-order valence-electron chi connectivity index (χ3n) is 5.04. The van der Waals surface area contributed by atoms with Crippen LogP contribution >= 0.6 is 0 Å². The fourth-order valence-electron chi connectivity index (χ4n) is 3.10. The second kappa shape index (κ2) is 5.17. The number of hydrogen-bond acceptors (Lipinski definition) is 3. The first-order valence-electron chi connectivity index (χ1n) is 7.21. The standard InChI is InChI=1S/C14H27N3O/c1-17(2)14(6-4-3-5-7-14)11-16-12(18)13(10-15)8-9-13/h3-11,15H2,1-2H3,(H,16,18). The Balaban J connectivity index is 1.92. The highest BCUT2D eigenvalue weighted by molar-refractivity contribution is 5.85. The van der Waals surface area contributed by atoms with Gasteiger partial charge in [0.25, 0.3) is 0 Å². The van der Waals surface area contributed by atoms with Gasteiger partial charge in [0, 0.05) is 18.6 Å². The van der Waals surface area contributed by atoms with Gasteiger partial charge in [0.05, 0.1) is 5.41 Å². The van der Waals surface area contributed by atoms with Crippen LogP contribution in [0, 0.1) is 5.41 Å². The molecule has 0 aromatic carbocycles. The number of carbonyl (C=O) groups is 1. The minimum absolute atomic E-state index is 0.165. The summed E-state index contributed by atoms with van der Waals surface area (Å²) in [4.78, 5) is 14.5. The molecule has 2 fully saturated rings. The summed E-state index contributed by atoms with van der Waals surface area (Å²) in [6, 6.07) is 0. The van der Waals surface area contributed by atoms with E-state index in [4.69, 9.17) is 5.73 Å². The third-order valence-corrected chi connectivity index (χ3v) is 5.04.